The number of anilines is 2. The fraction of sp³-hybridized carbons (Fsp3) is 0.143. The van der Waals surface area contributed by atoms with Crippen LogP contribution in [0.25, 0.3) is 0 Å². The van der Waals surface area contributed by atoms with E-state index in [4.69, 9.17) is 11.5 Å². The van der Waals surface area contributed by atoms with Gasteiger partial charge in [0.05, 0.1) is 11.1 Å². The first-order valence-corrected chi connectivity index (χ1v) is 8.46. The third kappa shape index (κ3) is 4.31. The summed E-state index contributed by atoms with van der Waals surface area (Å²) >= 11 is 0. The molecule has 152 valence electrons. The molecule has 3 aromatic carbocycles. The summed E-state index contributed by atoms with van der Waals surface area (Å²) in [7, 11) is 0. The SMILES string of the molecule is Nc1ccc(C(F)(F)F)cc1C(c1ccccc1)c1cc(C(F)(F)F)ccc1N. The van der Waals surface area contributed by atoms with Crippen LogP contribution in [-0.2, 0) is 12.4 Å². The summed E-state index contributed by atoms with van der Waals surface area (Å²) in [5, 5.41) is 0. The molecule has 29 heavy (non-hydrogen) atoms. The number of benzene rings is 3. The van der Waals surface area contributed by atoms with Gasteiger partial charge in [0, 0.05) is 17.3 Å². The van der Waals surface area contributed by atoms with Crippen LogP contribution in [0.4, 0.5) is 37.7 Å². The van der Waals surface area contributed by atoms with Crippen LogP contribution in [0.5, 0.6) is 0 Å². The van der Waals surface area contributed by atoms with Gasteiger partial charge in [0.15, 0.2) is 0 Å². The molecular weight excluding hydrogens is 394 g/mol. The van der Waals surface area contributed by atoms with Crippen molar-refractivity contribution in [2.75, 3.05) is 11.5 Å². The normalized spacial score (nSPS) is 12.4. The van der Waals surface area contributed by atoms with E-state index >= 15 is 0 Å². The van der Waals surface area contributed by atoms with Crippen molar-refractivity contribution in [2.45, 2.75) is 18.3 Å². The van der Waals surface area contributed by atoms with E-state index in [2.05, 4.69) is 0 Å². The maximum Gasteiger partial charge on any atom is 0.416 e. The second-order valence-corrected chi connectivity index (χ2v) is 6.53. The van der Waals surface area contributed by atoms with Crippen LogP contribution >= 0.6 is 0 Å². The standard InChI is InChI=1S/C21H16F6N2/c22-20(23,24)13-6-8-17(28)15(10-13)19(12-4-2-1-3-5-12)16-11-14(21(25,26)27)7-9-18(16)29/h1-11,19H,28-29H2. The minimum absolute atomic E-state index is 0.0173. The van der Waals surface area contributed by atoms with Gasteiger partial charge in [0.1, 0.15) is 0 Å². The summed E-state index contributed by atoms with van der Waals surface area (Å²) in [6, 6.07) is 13.7. The maximum absolute atomic E-state index is 13.3. The van der Waals surface area contributed by atoms with Gasteiger partial charge < -0.3 is 11.5 Å². The monoisotopic (exact) mass is 410 g/mol. The predicted octanol–water partition coefficient (Wildman–Crippen LogP) is 6.07. The number of nitrogens with two attached hydrogens (primary N) is 2. The molecule has 0 fully saturated rings. The van der Waals surface area contributed by atoms with Crippen molar-refractivity contribution in [3.8, 4) is 0 Å². The molecule has 0 saturated carbocycles. The van der Waals surface area contributed by atoms with Gasteiger partial charge in [-0.2, -0.15) is 26.3 Å². The van der Waals surface area contributed by atoms with E-state index in [1.807, 2.05) is 0 Å². The van der Waals surface area contributed by atoms with Crippen molar-refractivity contribution in [3.05, 3.63) is 94.5 Å². The Labute approximate surface area is 162 Å². The minimum Gasteiger partial charge on any atom is -0.398 e. The number of alkyl halides is 6. The highest BCUT2D eigenvalue weighted by atomic mass is 19.4. The molecule has 3 rings (SSSR count). The summed E-state index contributed by atoms with van der Waals surface area (Å²) in [5.74, 6) is -1.01. The fourth-order valence-electron chi connectivity index (χ4n) is 3.17. The van der Waals surface area contributed by atoms with Crippen molar-refractivity contribution in [3.63, 3.8) is 0 Å². The summed E-state index contributed by atoms with van der Waals surface area (Å²) in [6.07, 6.45) is -9.27. The Kier molecular flexibility index (Phi) is 5.21. The Morgan fingerprint density at radius 3 is 1.38 bits per heavy atom. The molecule has 0 aliphatic heterocycles. The van der Waals surface area contributed by atoms with E-state index in [1.54, 1.807) is 30.3 Å². The van der Waals surface area contributed by atoms with Crippen LogP contribution in [0.2, 0.25) is 0 Å². The molecule has 2 nitrogen and oxygen atoms in total. The number of halogens is 6. The van der Waals surface area contributed by atoms with Crippen molar-refractivity contribution in [2.24, 2.45) is 0 Å². The van der Waals surface area contributed by atoms with Gasteiger partial charge in [-0.25, -0.2) is 0 Å². The van der Waals surface area contributed by atoms with E-state index in [9.17, 15) is 26.3 Å². The first kappa shape index (κ1) is 20.6. The van der Waals surface area contributed by atoms with Gasteiger partial charge in [-0.1, -0.05) is 30.3 Å². The van der Waals surface area contributed by atoms with Crippen LogP contribution in [0.1, 0.15) is 33.7 Å². The molecule has 0 aromatic heterocycles. The molecule has 4 N–H and O–H groups in total. The first-order valence-electron chi connectivity index (χ1n) is 8.46. The molecule has 8 heteroatoms. The number of hydrogen-bond donors (Lipinski definition) is 2. The van der Waals surface area contributed by atoms with Gasteiger partial charge >= 0.3 is 12.4 Å². The predicted molar refractivity (Wildman–Crippen MR) is 99.1 cm³/mol. The average Bonchev–Trinajstić information content (AvgIpc) is 2.64. The maximum atomic E-state index is 13.3. The highest BCUT2D eigenvalue weighted by Gasteiger charge is 2.34. The fourth-order valence-corrected chi connectivity index (χ4v) is 3.17. The Morgan fingerprint density at radius 2 is 1.00 bits per heavy atom. The van der Waals surface area contributed by atoms with Gasteiger partial charge in [-0.15, -0.1) is 0 Å². The molecule has 0 unspecified atom stereocenters. The van der Waals surface area contributed by atoms with Crippen LogP contribution in [-0.4, -0.2) is 0 Å². The number of rotatable bonds is 3. The van der Waals surface area contributed by atoms with E-state index in [1.165, 1.54) is 0 Å². The number of hydrogen-bond acceptors (Lipinski definition) is 2. The van der Waals surface area contributed by atoms with Crippen LogP contribution in [0, 0.1) is 0 Å². The van der Waals surface area contributed by atoms with E-state index in [0.717, 1.165) is 36.4 Å². The van der Waals surface area contributed by atoms with Crippen LogP contribution < -0.4 is 11.5 Å². The van der Waals surface area contributed by atoms with E-state index in [-0.39, 0.29) is 22.5 Å². The second kappa shape index (κ2) is 7.35. The molecule has 0 radical (unpaired) electrons. The lowest BCUT2D eigenvalue weighted by Gasteiger charge is -2.24. The van der Waals surface area contributed by atoms with E-state index in [0.29, 0.717) is 5.56 Å². The molecule has 0 aliphatic rings. The minimum atomic E-state index is -4.64. The summed E-state index contributed by atoms with van der Waals surface area (Å²) in [4.78, 5) is 0. The van der Waals surface area contributed by atoms with Gasteiger partial charge in [0.2, 0.25) is 0 Å². The largest absolute Gasteiger partial charge is 0.416 e. The van der Waals surface area contributed by atoms with Crippen molar-refractivity contribution in [1.82, 2.24) is 0 Å². The third-order valence-corrected chi connectivity index (χ3v) is 4.58. The Balaban J connectivity index is 2.30. The first-order chi connectivity index (χ1) is 13.5. The van der Waals surface area contributed by atoms with Gasteiger partial charge in [-0.05, 0) is 53.1 Å². The summed E-state index contributed by atoms with van der Waals surface area (Å²) in [5.41, 5.74) is 10.5. The van der Waals surface area contributed by atoms with Crippen LogP contribution in [0.3, 0.4) is 0 Å². The second-order valence-electron chi connectivity index (χ2n) is 6.53. The molecule has 3 aromatic rings. The number of nitrogen functional groups attached to an aromatic ring is 2. The lowest BCUT2D eigenvalue weighted by molar-refractivity contribution is -0.138. The van der Waals surface area contributed by atoms with E-state index < -0.39 is 29.4 Å². The molecular formula is C21H16F6N2. The Morgan fingerprint density at radius 1 is 0.586 bits per heavy atom. The molecule has 0 aliphatic carbocycles. The zero-order valence-electron chi connectivity index (χ0n) is 14.9. The molecule has 0 heterocycles. The highest BCUT2D eigenvalue weighted by Crippen LogP contribution is 2.42. The zero-order valence-corrected chi connectivity index (χ0v) is 14.9. The lowest BCUT2D eigenvalue weighted by Crippen LogP contribution is -2.14. The molecule has 0 atom stereocenters. The van der Waals surface area contributed by atoms with Crippen molar-refractivity contribution in [1.29, 1.82) is 0 Å². The van der Waals surface area contributed by atoms with Gasteiger partial charge in [-0.3, -0.25) is 0 Å². The molecule has 0 amide bonds. The summed E-state index contributed by atoms with van der Waals surface area (Å²) in [6.45, 7) is 0. The van der Waals surface area contributed by atoms with Crippen LogP contribution in [0.15, 0.2) is 66.7 Å². The van der Waals surface area contributed by atoms with Crippen molar-refractivity contribution >= 4 is 11.4 Å². The molecule has 0 spiro atoms. The molecule has 0 bridgehead atoms. The van der Waals surface area contributed by atoms with Crippen molar-refractivity contribution < 1.29 is 26.3 Å². The average molecular weight is 410 g/mol. The quantitative estimate of drug-likeness (QED) is 0.313. The smallest absolute Gasteiger partial charge is 0.398 e. The topological polar surface area (TPSA) is 52.0 Å². The third-order valence-electron chi connectivity index (χ3n) is 4.58. The molecule has 0 saturated heterocycles. The zero-order chi connectivity index (χ0) is 21.4. The Bertz CT molecular complexity index is 946. The van der Waals surface area contributed by atoms with Gasteiger partial charge in [0.25, 0.3) is 0 Å². The Hall–Kier alpha value is -3.16. The highest BCUT2D eigenvalue weighted by molar-refractivity contribution is 5.63. The summed E-state index contributed by atoms with van der Waals surface area (Å²) < 4.78 is 79.5. The lowest BCUT2D eigenvalue weighted by atomic mass is 9.82.